The van der Waals surface area contributed by atoms with Gasteiger partial charge >= 0.3 is 0 Å². The van der Waals surface area contributed by atoms with Crippen LogP contribution in [0.2, 0.25) is 0 Å². The number of piperazine rings is 1. The maximum absolute atomic E-state index is 3.75. The van der Waals surface area contributed by atoms with Crippen LogP contribution in [0.5, 0.6) is 0 Å². The maximum atomic E-state index is 3.75. The van der Waals surface area contributed by atoms with E-state index in [0.29, 0.717) is 11.5 Å². The van der Waals surface area contributed by atoms with Crippen molar-refractivity contribution in [1.29, 1.82) is 0 Å². The lowest BCUT2D eigenvalue weighted by Gasteiger charge is -2.49. The molecule has 0 saturated carbocycles. The van der Waals surface area contributed by atoms with E-state index in [1.165, 1.54) is 24.9 Å². The van der Waals surface area contributed by atoms with Gasteiger partial charge in [0, 0.05) is 24.7 Å². The van der Waals surface area contributed by atoms with Crippen LogP contribution in [-0.2, 0) is 6.42 Å². The zero-order chi connectivity index (χ0) is 15.5. The van der Waals surface area contributed by atoms with Crippen molar-refractivity contribution < 1.29 is 0 Å². The summed E-state index contributed by atoms with van der Waals surface area (Å²) in [6.45, 7) is 15.2. The molecule has 2 heteroatoms. The van der Waals surface area contributed by atoms with Gasteiger partial charge in [0.05, 0.1) is 0 Å². The van der Waals surface area contributed by atoms with Crippen LogP contribution in [0, 0.1) is 5.41 Å². The van der Waals surface area contributed by atoms with Crippen molar-refractivity contribution in [3.63, 3.8) is 0 Å². The summed E-state index contributed by atoms with van der Waals surface area (Å²) < 4.78 is 0. The van der Waals surface area contributed by atoms with Crippen LogP contribution in [0.4, 0.5) is 0 Å². The molecule has 1 saturated heterocycles. The number of nitrogens with one attached hydrogen (secondary N) is 1. The molecule has 1 aromatic carbocycles. The first-order chi connectivity index (χ1) is 9.79. The van der Waals surface area contributed by atoms with Crippen LogP contribution >= 0.6 is 0 Å². The Morgan fingerprint density at radius 2 is 1.86 bits per heavy atom. The van der Waals surface area contributed by atoms with E-state index in [1.807, 2.05) is 0 Å². The second kappa shape index (κ2) is 6.50. The molecule has 2 rings (SSSR count). The minimum Gasteiger partial charge on any atom is -0.310 e. The Labute approximate surface area is 130 Å². The standard InChI is InChI=1S/C19H32N2/c1-18(2,3)17-14-21(19(4,5)15-20-17)13-9-12-16-10-7-6-8-11-16/h6-8,10-11,17,20H,9,12-15H2,1-5H3. The number of benzene rings is 1. The van der Waals surface area contributed by atoms with Crippen LogP contribution in [0.15, 0.2) is 30.3 Å². The van der Waals surface area contributed by atoms with Crippen molar-refractivity contribution in [2.75, 3.05) is 19.6 Å². The van der Waals surface area contributed by atoms with Crippen molar-refractivity contribution in [2.45, 2.75) is 59.0 Å². The average Bonchev–Trinajstić information content (AvgIpc) is 2.40. The highest BCUT2D eigenvalue weighted by molar-refractivity contribution is 5.14. The van der Waals surface area contributed by atoms with E-state index in [9.17, 15) is 0 Å². The van der Waals surface area contributed by atoms with E-state index in [4.69, 9.17) is 0 Å². The first kappa shape index (κ1) is 16.5. The molecule has 2 nitrogen and oxygen atoms in total. The monoisotopic (exact) mass is 288 g/mol. The fourth-order valence-corrected chi connectivity index (χ4v) is 3.11. The summed E-state index contributed by atoms with van der Waals surface area (Å²) in [7, 11) is 0. The van der Waals surface area contributed by atoms with Crippen molar-refractivity contribution in [3.8, 4) is 0 Å². The van der Waals surface area contributed by atoms with E-state index < -0.39 is 0 Å². The average molecular weight is 288 g/mol. The van der Waals surface area contributed by atoms with Crippen molar-refractivity contribution in [1.82, 2.24) is 10.2 Å². The summed E-state index contributed by atoms with van der Waals surface area (Å²) >= 11 is 0. The Morgan fingerprint density at radius 1 is 1.19 bits per heavy atom. The van der Waals surface area contributed by atoms with E-state index in [2.05, 4.69) is 75.2 Å². The third-order valence-electron chi connectivity index (χ3n) is 4.82. The molecule has 0 aromatic heterocycles. The number of aryl methyl sites for hydroxylation is 1. The number of hydrogen-bond donors (Lipinski definition) is 1. The summed E-state index contributed by atoms with van der Waals surface area (Å²) in [6.07, 6.45) is 2.42. The summed E-state index contributed by atoms with van der Waals surface area (Å²) in [4.78, 5) is 2.68. The number of hydrogen-bond acceptors (Lipinski definition) is 2. The molecule has 118 valence electrons. The molecule has 1 atom stereocenters. The first-order valence-electron chi connectivity index (χ1n) is 8.31. The molecular weight excluding hydrogens is 256 g/mol. The summed E-state index contributed by atoms with van der Waals surface area (Å²) in [5, 5.41) is 3.75. The lowest BCUT2D eigenvalue weighted by Crippen LogP contribution is -2.64. The molecule has 1 N–H and O–H groups in total. The second-order valence-corrected chi connectivity index (χ2v) is 8.15. The zero-order valence-electron chi connectivity index (χ0n) is 14.4. The Bertz CT molecular complexity index is 431. The molecule has 0 bridgehead atoms. The Kier molecular flexibility index (Phi) is 5.11. The van der Waals surface area contributed by atoms with Gasteiger partial charge in [0.2, 0.25) is 0 Å². The van der Waals surface area contributed by atoms with Gasteiger partial charge in [-0.15, -0.1) is 0 Å². The van der Waals surface area contributed by atoms with Gasteiger partial charge < -0.3 is 5.32 Å². The summed E-state index contributed by atoms with van der Waals surface area (Å²) in [6, 6.07) is 11.4. The molecule has 1 aliphatic heterocycles. The fraction of sp³-hybridized carbons (Fsp3) is 0.684. The fourth-order valence-electron chi connectivity index (χ4n) is 3.11. The van der Waals surface area contributed by atoms with Crippen molar-refractivity contribution >= 4 is 0 Å². The van der Waals surface area contributed by atoms with Crippen LogP contribution in [0.1, 0.15) is 46.6 Å². The third-order valence-corrected chi connectivity index (χ3v) is 4.82. The third kappa shape index (κ3) is 4.55. The van der Waals surface area contributed by atoms with Crippen molar-refractivity contribution in [2.24, 2.45) is 5.41 Å². The van der Waals surface area contributed by atoms with Crippen LogP contribution in [-0.4, -0.2) is 36.1 Å². The molecule has 0 aliphatic carbocycles. The van der Waals surface area contributed by atoms with Gasteiger partial charge in [-0.2, -0.15) is 0 Å². The molecule has 0 radical (unpaired) electrons. The van der Waals surface area contributed by atoms with E-state index in [-0.39, 0.29) is 5.54 Å². The highest BCUT2D eigenvalue weighted by Crippen LogP contribution is 2.27. The molecule has 21 heavy (non-hydrogen) atoms. The summed E-state index contributed by atoms with van der Waals surface area (Å²) in [5.41, 5.74) is 2.05. The number of rotatable bonds is 4. The van der Waals surface area contributed by atoms with Gasteiger partial charge in [-0.05, 0) is 44.2 Å². The topological polar surface area (TPSA) is 15.3 Å². The second-order valence-electron chi connectivity index (χ2n) is 8.15. The summed E-state index contributed by atoms with van der Waals surface area (Å²) in [5.74, 6) is 0. The number of nitrogens with zero attached hydrogens (tertiary/aromatic N) is 1. The minimum absolute atomic E-state index is 0.262. The molecule has 0 amide bonds. The highest BCUT2D eigenvalue weighted by Gasteiger charge is 2.37. The molecule has 1 heterocycles. The zero-order valence-corrected chi connectivity index (χ0v) is 14.4. The quantitative estimate of drug-likeness (QED) is 0.908. The maximum Gasteiger partial charge on any atom is 0.0278 e. The van der Waals surface area contributed by atoms with Gasteiger partial charge in [0.15, 0.2) is 0 Å². The largest absolute Gasteiger partial charge is 0.310 e. The Hall–Kier alpha value is -0.860. The van der Waals surface area contributed by atoms with E-state index >= 15 is 0 Å². The SMILES string of the molecule is CC(C)(C)C1CN(CCCc2ccccc2)C(C)(C)CN1. The first-order valence-corrected chi connectivity index (χ1v) is 8.31. The normalized spacial score (nSPS) is 23.2. The molecule has 0 spiro atoms. The van der Waals surface area contributed by atoms with Gasteiger partial charge in [0.1, 0.15) is 0 Å². The van der Waals surface area contributed by atoms with Crippen LogP contribution in [0.3, 0.4) is 0 Å². The Balaban J connectivity index is 1.90. The van der Waals surface area contributed by atoms with Gasteiger partial charge in [0.25, 0.3) is 0 Å². The van der Waals surface area contributed by atoms with Crippen LogP contribution < -0.4 is 5.32 Å². The van der Waals surface area contributed by atoms with E-state index in [0.717, 1.165) is 13.1 Å². The lowest BCUT2D eigenvalue weighted by atomic mass is 9.82. The van der Waals surface area contributed by atoms with Crippen LogP contribution in [0.25, 0.3) is 0 Å². The van der Waals surface area contributed by atoms with Crippen molar-refractivity contribution in [3.05, 3.63) is 35.9 Å². The minimum atomic E-state index is 0.262. The van der Waals surface area contributed by atoms with Gasteiger partial charge in [-0.25, -0.2) is 0 Å². The lowest BCUT2D eigenvalue weighted by molar-refractivity contribution is 0.0353. The molecule has 1 aliphatic rings. The molecule has 1 aromatic rings. The predicted octanol–water partition coefficient (Wildman–Crippen LogP) is 3.72. The van der Waals surface area contributed by atoms with E-state index in [1.54, 1.807) is 0 Å². The molecular formula is C19H32N2. The smallest absolute Gasteiger partial charge is 0.0278 e. The predicted molar refractivity (Wildman–Crippen MR) is 91.7 cm³/mol. The molecule has 1 unspecified atom stereocenters. The Morgan fingerprint density at radius 3 is 2.48 bits per heavy atom. The molecule has 1 fully saturated rings. The van der Waals surface area contributed by atoms with Gasteiger partial charge in [-0.3, -0.25) is 4.90 Å². The highest BCUT2D eigenvalue weighted by atomic mass is 15.3. The van der Waals surface area contributed by atoms with Gasteiger partial charge in [-0.1, -0.05) is 51.1 Å².